The van der Waals surface area contributed by atoms with Crippen LogP contribution >= 0.6 is 0 Å². The molecule has 4 rings (SSSR count). The van der Waals surface area contributed by atoms with E-state index in [1.54, 1.807) is 34.5 Å². The molecule has 0 N–H and O–H groups in total. The van der Waals surface area contributed by atoms with Gasteiger partial charge in [-0.15, -0.1) is 0 Å². The number of anilines is 1. The number of ether oxygens (including phenoxy) is 1. The van der Waals surface area contributed by atoms with Crippen LogP contribution in [-0.4, -0.2) is 45.4 Å². The first-order chi connectivity index (χ1) is 14.0. The minimum absolute atomic E-state index is 0.0144. The molecular formula is C22H26N2O4S. The fourth-order valence-corrected chi connectivity index (χ4v) is 5.63. The van der Waals surface area contributed by atoms with E-state index in [0.717, 1.165) is 41.8 Å². The highest BCUT2D eigenvalue weighted by atomic mass is 32.2. The smallest absolute Gasteiger partial charge is 0.243 e. The Bertz CT molecular complexity index is 996. The summed E-state index contributed by atoms with van der Waals surface area (Å²) in [4.78, 5) is 14.9. The van der Waals surface area contributed by atoms with Crippen LogP contribution in [0.1, 0.15) is 30.4 Å². The van der Waals surface area contributed by atoms with Gasteiger partial charge in [0.05, 0.1) is 18.4 Å². The van der Waals surface area contributed by atoms with E-state index in [1.165, 1.54) is 0 Å². The molecule has 2 aromatic rings. The summed E-state index contributed by atoms with van der Waals surface area (Å²) >= 11 is 0. The Hall–Kier alpha value is -2.38. The standard InChI is InChI=1S/C22H26N2O4S/c1-28-19-7-5-17(6-8-19)15-22(25)24-14-11-18-16-20(9-10-21(18)24)29(26,27)23-12-3-2-4-13-23/h5-10,16H,2-4,11-15H2,1H3. The minimum Gasteiger partial charge on any atom is -0.497 e. The molecule has 0 atom stereocenters. The van der Waals surface area contributed by atoms with E-state index in [-0.39, 0.29) is 5.91 Å². The van der Waals surface area contributed by atoms with Crippen LogP contribution in [0.15, 0.2) is 47.4 Å². The molecule has 2 aliphatic rings. The summed E-state index contributed by atoms with van der Waals surface area (Å²) in [6.07, 6.45) is 3.89. The summed E-state index contributed by atoms with van der Waals surface area (Å²) in [5.41, 5.74) is 2.67. The molecule has 1 saturated heterocycles. The quantitative estimate of drug-likeness (QED) is 0.754. The Kier molecular flexibility index (Phi) is 5.61. The Morgan fingerprint density at radius 2 is 1.72 bits per heavy atom. The number of carbonyl (C=O) groups excluding carboxylic acids is 1. The first kappa shape index (κ1) is 19.9. The molecule has 2 aromatic carbocycles. The molecular weight excluding hydrogens is 388 g/mol. The zero-order valence-electron chi connectivity index (χ0n) is 16.6. The fraction of sp³-hybridized carbons (Fsp3) is 0.409. The second kappa shape index (κ2) is 8.16. The van der Waals surface area contributed by atoms with Gasteiger partial charge in [-0.3, -0.25) is 4.79 Å². The normalized spacial score (nSPS) is 17.2. The summed E-state index contributed by atoms with van der Waals surface area (Å²) in [5, 5.41) is 0. The van der Waals surface area contributed by atoms with Gasteiger partial charge in [-0.1, -0.05) is 18.6 Å². The van der Waals surface area contributed by atoms with Crippen molar-refractivity contribution in [2.75, 3.05) is 31.6 Å². The van der Waals surface area contributed by atoms with Crippen LogP contribution in [0.4, 0.5) is 5.69 Å². The third-order valence-electron chi connectivity index (χ3n) is 5.71. The molecule has 2 aliphatic heterocycles. The van der Waals surface area contributed by atoms with Gasteiger partial charge < -0.3 is 9.64 Å². The number of amides is 1. The Morgan fingerprint density at radius 1 is 1.00 bits per heavy atom. The summed E-state index contributed by atoms with van der Waals surface area (Å²) in [6.45, 7) is 1.76. The van der Waals surface area contributed by atoms with Crippen molar-refractivity contribution >= 4 is 21.6 Å². The predicted molar refractivity (Wildman–Crippen MR) is 112 cm³/mol. The largest absolute Gasteiger partial charge is 0.497 e. The van der Waals surface area contributed by atoms with Gasteiger partial charge in [-0.25, -0.2) is 8.42 Å². The molecule has 0 radical (unpaired) electrons. The number of methoxy groups -OCH3 is 1. The third-order valence-corrected chi connectivity index (χ3v) is 7.61. The third kappa shape index (κ3) is 4.02. The first-order valence-electron chi connectivity index (χ1n) is 10.1. The highest BCUT2D eigenvalue weighted by molar-refractivity contribution is 7.89. The maximum absolute atomic E-state index is 12.9. The molecule has 6 nitrogen and oxygen atoms in total. The average molecular weight is 415 g/mol. The van der Waals surface area contributed by atoms with Crippen LogP contribution < -0.4 is 9.64 Å². The van der Waals surface area contributed by atoms with Crippen LogP contribution in [0.5, 0.6) is 5.75 Å². The van der Waals surface area contributed by atoms with Gasteiger partial charge in [-0.2, -0.15) is 4.31 Å². The van der Waals surface area contributed by atoms with Crippen LogP contribution in [0.2, 0.25) is 0 Å². The second-order valence-corrected chi connectivity index (χ2v) is 9.51. The Balaban J connectivity index is 1.51. The zero-order valence-corrected chi connectivity index (χ0v) is 17.5. The van der Waals surface area contributed by atoms with E-state index in [1.807, 2.05) is 24.3 Å². The summed E-state index contributed by atoms with van der Waals surface area (Å²) in [7, 11) is -1.85. The lowest BCUT2D eigenvalue weighted by Gasteiger charge is -2.26. The van der Waals surface area contributed by atoms with Crippen LogP contribution in [-0.2, 0) is 27.7 Å². The van der Waals surface area contributed by atoms with E-state index in [9.17, 15) is 13.2 Å². The summed E-state index contributed by atoms with van der Waals surface area (Å²) < 4.78 is 32.6. The van der Waals surface area contributed by atoms with Gasteiger partial charge in [0, 0.05) is 25.3 Å². The minimum atomic E-state index is -3.46. The van der Waals surface area contributed by atoms with Crippen molar-refractivity contribution in [3.05, 3.63) is 53.6 Å². The molecule has 154 valence electrons. The monoisotopic (exact) mass is 414 g/mol. The number of piperidine rings is 1. The van der Waals surface area contributed by atoms with E-state index < -0.39 is 10.0 Å². The highest BCUT2D eigenvalue weighted by Crippen LogP contribution is 2.32. The molecule has 29 heavy (non-hydrogen) atoms. The Labute approximate surface area is 172 Å². The van der Waals surface area contributed by atoms with Crippen molar-refractivity contribution in [3.63, 3.8) is 0 Å². The fourth-order valence-electron chi connectivity index (χ4n) is 4.07. The molecule has 1 amide bonds. The number of sulfonamides is 1. The summed E-state index contributed by atoms with van der Waals surface area (Å²) in [5.74, 6) is 0.774. The molecule has 7 heteroatoms. The van der Waals surface area contributed by atoms with Crippen molar-refractivity contribution in [1.29, 1.82) is 0 Å². The van der Waals surface area contributed by atoms with Crippen molar-refractivity contribution in [2.45, 2.75) is 37.0 Å². The molecule has 0 aliphatic carbocycles. The van der Waals surface area contributed by atoms with Crippen LogP contribution in [0.25, 0.3) is 0 Å². The molecule has 0 aromatic heterocycles. The van der Waals surface area contributed by atoms with Gasteiger partial charge in [0.1, 0.15) is 5.75 Å². The predicted octanol–water partition coefficient (Wildman–Crippen LogP) is 3.00. The van der Waals surface area contributed by atoms with Crippen LogP contribution in [0, 0.1) is 0 Å². The number of benzene rings is 2. The van der Waals surface area contributed by atoms with Crippen molar-refractivity contribution in [3.8, 4) is 5.75 Å². The first-order valence-corrected chi connectivity index (χ1v) is 11.5. The van der Waals surface area contributed by atoms with Crippen molar-refractivity contribution in [1.82, 2.24) is 4.31 Å². The van der Waals surface area contributed by atoms with Gasteiger partial charge in [0.2, 0.25) is 15.9 Å². The van der Waals surface area contributed by atoms with E-state index >= 15 is 0 Å². The maximum Gasteiger partial charge on any atom is 0.243 e. The van der Waals surface area contributed by atoms with E-state index in [4.69, 9.17) is 4.74 Å². The van der Waals surface area contributed by atoms with Gasteiger partial charge in [-0.05, 0) is 60.7 Å². The lowest BCUT2D eigenvalue weighted by Crippen LogP contribution is -2.35. The number of nitrogens with zero attached hydrogens (tertiary/aromatic N) is 2. The average Bonchev–Trinajstić information content (AvgIpc) is 3.18. The van der Waals surface area contributed by atoms with Crippen molar-refractivity contribution in [2.24, 2.45) is 0 Å². The molecule has 0 saturated carbocycles. The number of hydrogen-bond acceptors (Lipinski definition) is 4. The van der Waals surface area contributed by atoms with E-state index in [0.29, 0.717) is 37.4 Å². The number of hydrogen-bond donors (Lipinski definition) is 0. The molecule has 1 fully saturated rings. The molecule has 2 heterocycles. The Morgan fingerprint density at radius 3 is 2.41 bits per heavy atom. The molecule has 0 bridgehead atoms. The number of fused-ring (bicyclic) bond motifs is 1. The highest BCUT2D eigenvalue weighted by Gasteiger charge is 2.30. The van der Waals surface area contributed by atoms with Gasteiger partial charge in [0.15, 0.2) is 0 Å². The van der Waals surface area contributed by atoms with Crippen molar-refractivity contribution < 1.29 is 17.9 Å². The van der Waals surface area contributed by atoms with Gasteiger partial charge >= 0.3 is 0 Å². The topological polar surface area (TPSA) is 66.9 Å². The SMILES string of the molecule is COc1ccc(CC(=O)N2CCc3cc(S(=O)(=O)N4CCCCC4)ccc32)cc1. The number of carbonyl (C=O) groups is 1. The van der Waals surface area contributed by atoms with Crippen LogP contribution in [0.3, 0.4) is 0 Å². The second-order valence-electron chi connectivity index (χ2n) is 7.58. The van der Waals surface area contributed by atoms with E-state index in [2.05, 4.69) is 0 Å². The lowest BCUT2D eigenvalue weighted by molar-refractivity contribution is -0.117. The van der Waals surface area contributed by atoms with Gasteiger partial charge in [0.25, 0.3) is 0 Å². The number of rotatable bonds is 5. The maximum atomic E-state index is 12.9. The lowest BCUT2D eigenvalue weighted by atomic mass is 10.1. The summed E-state index contributed by atoms with van der Waals surface area (Å²) in [6, 6.07) is 12.6. The molecule has 0 unspecified atom stereocenters. The molecule has 0 spiro atoms. The zero-order chi connectivity index (χ0) is 20.4.